The molecule has 4 aromatic heterocycles. The average Bonchev–Trinajstić information content (AvgIpc) is 3.57. The van der Waals surface area contributed by atoms with Gasteiger partial charge in [0.05, 0.1) is 49.1 Å². The number of ether oxygens (including phenoxy) is 3. The Kier molecular flexibility index (Phi) is 5.92. The van der Waals surface area contributed by atoms with Crippen molar-refractivity contribution in [2.24, 2.45) is 7.05 Å². The van der Waals surface area contributed by atoms with Gasteiger partial charge in [-0.15, -0.1) is 0 Å². The monoisotopic (exact) mass is 522 g/mol. The summed E-state index contributed by atoms with van der Waals surface area (Å²) in [6, 6.07) is 6.20. The van der Waals surface area contributed by atoms with E-state index in [-0.39, 0.29) is 34.3 Å². The summed E-state index contributed by atoms with van der Waals surface area (Å²) in [6.07, 6.45) is 9.44. The van der Waals surface area contributed by atoms with E-state index in [1.165, 1.54) is 33.6 Å². The second-order valence-electron chi connectivity index (χ2n) is 8.45. The number of fused-ring (bicyclic) bond motifs is 1. The molecule has 0 bridgehead atoms. The molecule has 0 spiro atoms. The van der Waals surface area contributed by atoms with Crippen LogP contribution < -0.4 is 14.8 Å². The van der Waals surface area contributed by atoms with Gasteiger partial charge in [0, 0.05) is 25.6 Å². The molecule has 1 aliphatic heterocycles. The van der Waals surface area contributed by atoms with Crippen LogP contribution in [0.5, 0.6) is 17.2 Å². The van der Waals surface area contributed by atoms with Crippen molar-refractivity contribution in [3.63, 3.8) is 0 Å². The summed E-state index contributed by atoms with van der Waals surface area (Å²) >= 11 is 0. The van der Waals surface area contributed by atoms with Crippen molar-refractivity contribution < 1.29 is 27.8 Å². The zero-order valence-corrected chi connectivity index (χ0v) is 19.9. The van der Waals surface area contributed by atoms with Crippen LogP contribution in [0.2, 0.25) is 0 Å². The fourth-order valence-corrected chi connectivity index (χ4v) is 4.00. The van der Waals surface area contributed by atoms with E-state index in [2.05, 4.69) is 25.6 Å². The van der Waals surface area contributed by atoms with Crippen molar-refractivity contribution in [1.82, 2.24) is 34.2 Å². The third kappa shape index (κ3) is 4.52. The van der Waals surface area contributed by atoms with Gasteiger partial charge in [0.15, 0.2) is 11.4 Å². The Morgan fingerprint density at radius 1 is 1.18 bits per heavy atom. The second-order valence-corrected chi connectivity index (χ2v) is 8.45. The summed E-state index contributed by atoms with van der Waals surface area (Å²) in [7, 11) is 1.64. The minimum atomic E-state index is -3.07. The first-order valence-electron chi connectivity index (χ1n) is 11.5. The number of amides is 1. The van der Waals surface area contributed by atoms with Gasteiger partial charge in [-0.05, 0) is 24.3 Å². The van der Waals surface area contributed by atoms with E-state index in [9.17, 15) is 13.6 Å². The number of carbonyl (C=O) groups is 1. The van der Waals surface area contributed by atoms with Crippen LogP contribution in [0.25, 0.3) is 16.9 Å². The van der Waals surface area contributed by atoms with E-state index in [1.54, 1.807) is 48.8 Å². The number of benzene rings is 1. The smallest absolute Gasteiger partial charge is 0.387 e. The molecular weight excluding hydrogens is 502 g/mol. The summed E-state index contributed by atoms with van der Waals surface area (Å²) in [6.45, 7) is -1.93. The van der Waals surface area contributed by atoms with Crippen LogP contribution in [0.4, 0.5) is 14.5 Å². The maximum Gasteiger partial charge on any atom is 0.387 e. The molecule has 0 unspecified atom stereocenters. The van der Waals surface area contributed by atoms with Gasteiger partial charge in [-0.3, -0.25) is 14.2 Å². The number of nitrogens with one attached hydrogen (secondary N) is 1. The minimum Gasteiger partial charge on any atom is -0.454 e. The number of halogens is 2. The summed E-state index contributed by atoms with van der Waals surface area (Å²) < 4.78 is 47.0. The van der Waals surface area contributed by atoms with Crippen molar-refractivity contribution in [2.75, 3.05) is 18.5 Å². The number of aryl methyl sites for hydroxylation is 1. The first kappa shape index (κ1) is 23.5. The molecule has 0 radical (unpaired) electrons. The van der Waals surface area contributed by atoms with Gasteiger partial charge in [0.1, 0.15) is 22.8 Å². The molecule has 38 heavy (non-hydrogen) atoms. The normalized spacial score (nSPS) is 13.6. The first-order chi connectivity index (χ1) is 18.4. The molecule has 1 saturated heterocycles. The van der Waals surface area contributed by atoms with Crippen LogP contribution in [-0.2, 0) is 11.8 Å². The molecule has 1 N–H and O–H groups in total. The molecule has 0 atom stereocenters. The third-order valence-electron chi connectivity index (χ3n) is 5.83. The van der Waals surface area contributed by atoms with E-state index >= 15 is 0 Å². The maximum atomic E-state index is 13.2. The van der Waals surface area contributed by atoms with Crippen LogP contribution in [-0.4, -0.2) is 59.9 Å². The fraction of sp³-hybridized carbons (Fsp3) is 0.208. The number of anilines is 1. The SMILES string of the molecule is Cn1cc(NC(=O)c2cnn3cccnc23)c(-c2cc(Oc3cnn(C4COC4)c3)ccc2OC(F)F)n1. The Morgan fingerprint density at radius 2 is 2.05 bits per heavy atom. The Hall–Kier alpha value is -4.85. The van der Waals surface area contributed by atoms with Crippen molar-refractivity contribution in [3.05, 3.63) is 67.0 Å². The number of hydrogen-bond donors (Lipinski definition) is 1. The van der Waals surface area contributed by atoms with E-state index in [4.69, 9.17) is 14.2 Å². The minimum absolute atomic E-state index is 0.137. The topological polar surface area (TPSA) is 123 Å². The molecular formula is C24H20F2N8O4. The molecule has 12 nitrogen and oxygen atoms in total. The molecule has 6 rings (SSSR count). The molecule has 5 heterocycles. The molecule has 5 aromatic rings. The van der Waals surface area contributed by atoms with E-state index in [0.717, 1.165) is 0 Å². The van der Waals surface area contributed by atoms with Gasteiger partial charge in [0.25, 0.3) is 5.91 Å². The third-order valence-corrected chi connectivity index (χ3v) is 5.83. The molecule has 0 saturated carbocycles. The van der Waals surface area contributed by atoms with Crippen molar-refractivity contribution in [2.45, 2.75) is 12.7 Å². The van der Waals surface area contributed by atoms with Crippen LogP contribution in [0.1, 0.15) is 16.4 Å². The molecule has 0 aliphatic carbocycles. The van der Waals surface area contributed by atoms with E-state index in [0.29, 0.717) is 30.4 Å². The van der Waals surface area contributed by atoms with Gasteiger partial charge in [-0.1, -0.05) is 0 Å². The van der Waals surface area contributed by atoms with E-state index < -0.39 is 12.5 Å². The molecule has 1 aliphatic rings. The second kappa shape index (κ2) is 9.55. The maximum absolute atomic E-state index is 13.2. The lowest BCUT2D eigenvalue weighted by Crippen LogP contribution is -2.30. The molecule has 1 amide bonds. The standard InChI is InChI=1S/C24H20F2N8O4/c1-32-11-19(30-23(35)18-9-29-33-6-2-5-27-22(18)33)21(31-32)17-7-15(3-4-20(17)38-24(25)26)37-16-8-28-34(10-16)14-12-36-13-14/h2-11,14,24H,12-13H2,1H3,(H,30,35). The number of aromatic nitrogens is 7. The molecule has 1 aromatic carbocycles. The quantitative estimate of drug-likeness (QED) is 0.328. The highest BCUT2D eigenvalue weighted by Crippen LogP contribution is 2.39. The van der Waals surface area contributed by atoms with Crippen LogP contribution in [0.15, 0.2) is 61.4 Å². The summed E-state index contributed by atoms with van der Waals surface area (Å²) in [5.74, 6) is 0.159. The fourth-order valence-electron chi connectivity index (χ4n) is 4.00. The average molecular weight is 522 g/mol. The predicted octanol–water partition coefficient (Wildman–Crippen LogP) is 3.54. The Morgan fingerprint density at radius 3 is 2.84 bits per heavy atom. The van der Waals surface area contributed by atoms with Crippen molar-refractivity contribution in [3.8, 4) is 28.5 Å². The van der Waals surface area contributed by atoms with E-state index in [1.807, 2.05) is 0 Å². The van der Waals surface area contributed by atoms with Gasteiger partial charge >= 0.3 is 6.61 Å². The number of carbonyl (C=O) groups excluding carboxylic acids is 1. The highest BCUT2D eigenvalue weighted by Gasteiger charge is 2.23. The lowest BCUT2D eigenvalue weighted by molar-refractivity contribution is -0.0494. The Balaban J connectivity index is 1.33. The summed E-state index contributed by atoms with van der Waals surface area (Å²) in [5.41, 5.74) is 1.25. The van der Waals surface area contributed by atoms with Gasteiger partial charge in [0.2, 0.25) is 0 Å². The summed E-state index contributed by atoms with van der Waals surface area (Å²) in [5, 5.41) is 15.6. The highest BCUT2D eigenvalue weighted by molar-refractivity contribution is 6.09. The first-order valence-corrected chi connectivity index (χ1v) is 11.5. The molecule has 14 heteroatoms. The molecule has 1 fully saturated rings. The zero-order valence-electron chi connectivity index (χ0n) is 19.9. The zero-order chi connectivity index (χ0) is 26.2. The molecule has 194 valence electrons. The van der Waals surface area contributed by atoms with Crippen molar-refractivity contribution >= 4 is 17.2 Å². The number of nitrogens with zero attached hydrogens (tertiary/aromatic N) is 7. The number of alkyl halides is 2. The van der Waals surface area contributed by atoms with Crippen LogP contribution in [0.3, 0.4) is 0 Å². The van der Waals surface area contributed by atoms with Crippen LogP contribution >= 0.6 is 0 Å². The Bertz CT molecular complexity index is 1620. The van der Waals surface area contributed by atoms with Gasteiger partial charge in [-0.2, -0.15) is 24.1 Å². The Labute approximate surface area is 213 Å². The lowest BCUT2D eigenvalue weighted by Gasteiger charge is -2.25. The van der Waals surface area contributed by atoms with Crippen molar-refractivity contribution in [1.29, 1.82) is 0 Å². The van der Waals surface area contributed by atoms with Gasteiger partial charge < -0.3 is 19.5 Å². The summed E-state index contributed by atoms with van der Waals surface area (Å²) in [4.78, 5) is 17.3. The lowest BCUT2D eigenvalue weighted by atomic mass is 10.1. The highest BCUT2D eigenvalue weighted by atomic mass is 19.3. The van der Waals surface area contributed by atoms with Crippen LogP contribution in [0, 0.1) is 0 Å². The largest absolute Gasteiger partial charge is 0.454 e. The number of hydrogen-bond acceptors (Lipinski definition) is 8. The van der Waals surface area contributed by atoms with Gasteiger partial charge in [-0.25, -0.2) is 9.50 Å². The number of rotatable bonds is 8. The predicted molar refractivity (Wildman–Crippen MR) is 128 cm³/mol.